The van der Waals surface area contributed by atoms with Crippen LogP contribution >= 0.6 is 0 Å². The van der Waals surface area contributed by atoms with Crippen molar-refractivity contribution in [1.29, 1.82) is 0 Å². The molecule has 0 aromatic carbocycles. The van der Waals surface area contributed by atoms with Crippen molar-refractivity contribution < 1.29 is 13.2 Å². The molecule has 7 heteroatoms. The van der Waals surface area contributed by atoms with E-state index in [0.29, 0.717) is 11.4 Å². The van der Waals surface area contributed by atoms with Crippen molar-refractivity contribution in [3.8, 4) is 5.75 Å². The molecule has 1 heterocycles. The summed E-state index contributed by atoms with van der Waals surface area (Å²) in [6, 6.07) is 2.96. The molecular weight excluding hydrogens is 230 g/mol. The lowest BCUT2D eigenvalue weighted by Crippen LogP contribution is -2.16. The zero-order chi connectivity index (χ0) is 11.8. The fraction of sp³-hybridized carbons (Fsp3) is 0.444. The van der Waals surface area contributed by atoms with Gasteiger partial charge in [-0.2, -0.15) is 0 Å². The molecule has 1 aliphatic rings. The third kappa shape index (κ3) is 2.69. The normalized spacial score (nSPS) is 16.1. The Morgan fingerprint density at radius 3 is 2.62 bits per heavy atom. The van der Waals surface area contributed by atoms with Crippen molar-refractivity contribution in [3.63, 3.8) is 0 Å². The van der Waals surface area contributed by atoms with Gasteiger partial charge in [0.05, 0.1) is 11.8 Å². The number of hydrogen-bond donors (Lipinski definition) is 2. The molecule has 1 saturated carbocycles. The maximum atomic E-state index is 11.2. The van der Waals surface area contributed by atoms with Gasteiger partial charge in [-0.1, -0.05) is 0 Å². The van der Waals surface area contributed by atoms with Crippen LogP contribution in [0.5, 0.6) is 5.75 Å². The number of hydrogen-bond acceptors (Lipinski definition) is 5. The average Bonchev–Trinajstić information content (AvgIpc) is 3.00. The van der Waals surface area contributed by atoms with Gasteiger partial charge in [0.2, 0.25) is 0 Å². The zero-order valence-corrected chi connectivity index (χ0v) is 9.40. The number of pyridine rings is 1. The number of rotatable bonds is 4. The van der Waals surface area contributed by atoms with E-state index in [-0.39, 0.29) is 17.7 Å². The van der Waals surface area contributed by atoms with E-state index in [0.717, 1.165) is 12.8 Å². The molecule has 0 bridgehead atoms. The molecule has 0 radical (unpaired) electrons. The first kappa shape index (κ1) is 11.3. The van der Waals surface area contributed by atoms with Crippen LogP contribution in [0.1, 0.15) is 18.5 Å². The highest BCUT2D eigenvalue weighted by Crippen LogP contribution is 2.27. The van der Waals surface area contributed by atoms with Gasteiger partial charge in [0.15, 0.2) is 5.03 Å². The van der Waals surface area contributed by atoms with Gasteiger partial charge in [-0.15, -0.1) is 0 Å². The maximum Gasteiger partial charge on any atom is 0.255 e. The minimum atomic E-state index is -3.82. The highest BCUT2D eigenvalue weighted by Gasteiger charge is 2.24. The first-order chi connectivity index (χ1) is 7.49. The van der Waals surface area contributed by atoms with Crippen LogP contribution in [0.4, 0.5) is 0 Å². The van der Waals surface area contributed by atoms with Gasteiger partial charge < -0.3 is 10.5 Å². The summed E-state index contributed by atoms with van der Waals surface area (Å²) in [6.45, 7) is 0.143. The molecule has 0 saturated heterocycles. The second kappa shape index (κ2) is 4.00. The van der Waals surface area contributed by atoms with Crippen molar-refractivity contribution in [2.75, 3.05) is 0 Å². The Labute approximate surface area is 93.7 Å². The molecule has 1 aromatic heterocycles. The minimum absolute atomic E-state index is 0.143. The van der Waals surface area contributed by atoms with E-state index in [1.165, 1.54) is 6.07 Å². The van der Waals surface area contributed by atoms with Crippen molar-refractivity contribution in [2.45, 2.75) is 30.5 Å². The third-order valence-corrected chi connectivity index (χ3v) is 2.95. The van der Waals surface area contributed by atoms with E-state index < -0.39 is 10.0 Å². The molecule has 1 fully saturated rings. The van der Waals surface area contributed by atoms with Gasteiger partial charge in [-0.05, 0) is 12.8 Å². The Morgan fingerprint density at radius 2 is 2.12 bits per heavy atom. The standard InChI is InChI=1S/C9H13N3O3S/c10-5-6-3-8(15-7-1-2-7)4-9(12-6)16(11,13)14/h3-4,7H,1-2,5,10H2,(H2,11,13,14). The van der Waals surface area contributed by atoms with E-state index in [9.17, 15) is 8.42 Å². The Hall–Kier alpha value is -1.18. The summed E-state index contributed by atoms with van der Waals surface area (Å²) >= 11 is 0. The summed E-state index contributed by atoms with van der Waals surface area (Å²) in [4.78, 5) is 3.83. The molecule has 0 unspecified atom stereocenters. The smallest absolute Gasteiger partial charge is 0.255 e. The van der Waals surface area contributed by atoms with Gasteiger partial charge in [0.25, 0.3) is 10.0 Å². The molecule has 1 aromatic rings. The Morgan fingerprint density at radius 1 is 1.44 bits per heavy atom. The summed E-state index contributed by atoms with van der Waals surface area (Å²) in [5, 5.41) is 4.81. The lowest BCUT2D eigenvalue weighted by molar-refractivity contribution is 0.301. The van der Waals surface area contributed by atoms with E-state index in [4.69, 9.17) is 15.6 Å². The lowest BCUT2D eigenvalue weighted by atomic mass is 10.3. The fourth-order valence-electron chi connectivity index (χ4n) is 1.23. The number of nitrogens with two attached hydrogens (primary N) is 2. The first-order valence-electron chi connectivity index (χ1n) is 4.89. The van der Waals surface area contributed by atoms with E-state index in [1.807, 2.05) is 0 Å². The van der Waals surface area contributed by atoms with Gasteiger partial charge >= 0.3 is 0 Å². The number of primary sulfonamides is 1. The van der Waals surface area contributed by atoms with Crippen LogP contribution in [-0.2, 0) is 16.6 Å². The monoisotopic (exact) mass is 243 g/mol. The fourth-order valence-corrected chi connectivity index (χ4v) is 1.76. The molecule has 1 aliphatic carbocycles. The quantitative estimate of drug-likeness (QED) is 0.756. The molecule has 2 rings (SSSR count). The molecule has 0 atom stereocenters. The van der Waals surface area contributed by atoms with Crippen molar-refractivity contribution in [3.05, 3.63) is 17.8 Å². The highest BCUT2D eigenvalue weighted by molar-refractivity contribution is 7.89. The molecule has 88 valence electrons. The van der Waals surface area contributed by atoms with Crippen LogP contribution in [-0.4, -0.2) is 19.5 Å². The SMILES string of the molecule is NCc1cc(OC2CC2)cc(S(N)(=O)=O)n1. The Kier molecular flexibility index (Phi) is 2.83. The number of ether oxygens (including phenoxy) is 1. The average molecular weight is 243 g/mol. The summed E-state index contributed by atoms with van der Waals surface area (Å²) in [6.07, 6.45) is 2.16. The first-order valence-corrected chi connectivity index (χ1v) is 6.44. The molecule has 0 amide bonds. The summed E-state index contributed by atoms with van der Waals surface area (Å²) in [7, 11) is -3.82. The summed E-state index contributed by atoms with van der Waals surface area (Å²) in [5.41, 5.74) is 5.87. The molecule has 6 nitrogen and oxygen atoms in total. The molecule has 16 heavy (non-hydrogen) atoms. The number of nitrogens with zero attached hydrogens (tertiary/aromatic N) is 1. The van der Waals surface area contributed by atoms with Crippen molar-refractivity contribution in [2.24, 2.45) is 10.9 Å². The molecule has 0 spiro atoms. The van der Waals surface area contributed by atoms with Crippen LogP contribution in [0, 0.1) is 0 Å². The van der Waals surface area contributed by atoms with Crippen LogP contribution in [0.25, 0.3) is 0 Å². The van der Waals surface area contributed by atoms with Crippen LogP contribution < -0.4 is 15.6 Å². The minimum Gasteiger partial charge on any atom is -0.490 e. The molecule has 0 aliphatic heterocycles. The van der Waals surface area contributed by atoms with Gasteiger partial charge in [0, 0.05) is 18.7 Å². The van der Waals surface area contributed by atoms with Crippen molar-refractivity contribution in [1.82, 2.24) is 4.98 Å². The number of sulfonamides is 1. The second-order valence-electron chi connectivity index (χ2n) is 3.70. The summed E-state index contributed by atoms with van der Waals surface area (Å²) < 4.78 is 27.8. The van der Waals surface area contributed by atoms with Gasteiger partial charge in [0.1, 0.15) is 5.75 Å². The summed E-state index contributed by atoms with van der Waals surface area (Å²) in [5.74, 6) is 0.460. The Bertz CT molecular complexity index is 497. The van der Waals surface area contributed by atoms with Crippen LogP contribution in [0.3, 0.4) is 0 Å². The second-order valence-corrected chi connectivity index (χ2v) is 5.21. The van der Waals surface area contributed by atoms with E-state index in [2.05, 4.69) is 4.98 Å². The third-order valence-electron chi connectivity index (χ3n) is 2.16. The topological polar surface area (TPSA) is 108 Å². The predicted molar refractivity (Wildman–Crippen MR) is 57.2 cm³/mol. The predicted octanol–water partition coefficient (Wildman–Crippen LogP) is -0.271. The van der Waals surface area contributed by atoms with Crippen LogP contribution in [0.2, 0.25) is 0 Å². The van der Waals surface area contributed by atoms with E-state index in [1.54, 1.807) is 6.07 Å². The van der Waals surface area contributed by atoms with Crippen LogP contribution in [0.15, 0.2) is 17.2 Å². The lowest BCUT2D eigenvalue weighted by Gasteiger charge is -2.07. The van der Waals surface area contributed by atoms with Gasteiger partial charge in [-0.3, -0.25) is 0 Å². The highest BCUT2D eigenvalue weighted by atomic mass is 32.2. The Balaban J connectivity index is 2.37. The largest absolute Gasteiger partial charge is 0.490 e. The maximum absolute atomic E-state index is 11.2. The van der Waals surface area contributed by atoms with Gasteiger partial charge in [-0.25, -0.2) is 18.5 Å². The van der Waals surface area contributed by atoms with Crippen molar-refractivity contribution >= 4 is 10.0 Å². The zero-order valence-electron chi connectivity index (χ0n) is 8.59. The van der Waals surface area contributed by atoms with E-state index >= 15 is 0 Å². The molecule has 4 N–H and O–H groups in total. The number of aromatic nitrogens is 1. The molecular formula is C9H13N3O3S.